The van der Waals surface area contributed by atoms with Crippen LogP contribution in [-0.2, 0) is 5.21 Å². The highest BCUT2D eigenvalue weighted by atomic mass is 16.6. The Morgan fingerprint density at radius 2 is 1.55 bits per heavy atom. The van der Waals surface area contributed by atoms with Crippen molar-refractivity contribution in [3.05, 3.63) is 70.4 Å². The summed E-state index contributed by atoms with van der Waals surface area (Å²) in [5.41, 5.74) is 0.0361. The molecule has 0 unspecified atom stereocenters. The van der Waals surface area contributed by atoms with E-state index in [1.807, 2.05) is 27.7 Å². The number of aromatic hydroxyl groups is 1. The zero-order valence-electron chi connectivity index (χ0n) is 21.6. The van der Waals surface area contributed by atoms with Crippen molar-refractivity contribution in [1.82, 2.24) is 20.3 Å². The average Bonchev–Trinajstić information content (AvgIpc) is 2.84. The van der Waals surface area contributed by atoms with Crippen LogP contribution in [-0.4, -0.2) is 48.1 Å². The second-order valence-electron chi connectivity index (χ2n) is 10.6. The van der Waals surface area contributed by atoms with Gasteiger partial charge in [-0.15, -0.1) is 10.3 Å². The quantitative estimate of drug-likeness (QED) is 0.197. The van der Waals surface area contributed by atoms with Gasteiger partial charge in [-0.1, -0.05) is 0 Å². The molecule has 0 aliphatic carbocycles. The first-order valence-corrected chi connectivity index (χ1v) is 12.1. The predicted molar refractivity (Wildman–Crippen MR) is 141 cm³/mol. The molecule has 4 N–H and O–H groups in total. The average molecular weight is 521 g/mol. The van der Waals surface area contributed by atoms with Crippen molar-refractivity contribution in [2.24, 2.45) is 0 Å². The predicted octanol–water partition coefficient (Wildman–Crippen LogP) is 4.67. The summed E-state index contributed by atoms with van der Waals surface area (Å²) in [5.74, 6) is -0.0840. The number of phenols is 1. The van der Waals surface area contributed by atoms with Crippen molar-refractivity contribution in [2.75, 3.05) is 10.6 Å². The maximum atomic E-state index is 12.9. The number of aromatic nitrogens is 2. The molecule has 1 aliphatic heterocycles. The van der Waals surface area contributed by atoms with Gasteiger partial charge in [-0.25, -0.2) is 4.98 Å². The Bertz CT molecular complexity index is 1310. The number of phenolic OH excluding ortho intramolecular Hbond substituents is 1. The lowest BCUT2D eigenvalue weighted by atomic mass is 9.79. The number of rotatable bonds is 7. The molecule has 12 nitrogen and oxygen atoms in total. The van der Waals surface area contributed by atoms with Gasteiger partial charge in [0.1, 0.15) is 11.9 Å². The SMILES string of the molecule is CC1(C)CC(NC(=O)c2ccc(Nc3ncc([N+](=O)[O-])c(Nc4ccc(O)cc4)n3)cc2)CC(C)(C)N1[O]. The van der Waals surface area contributed by atoms with Crippen LogP contribution in [0.4, 0.5) is 28.8 Å². The third-order valence-electron chi connectivity index (χ3n) is 6.43. The number of benzene rings is 2. The number of nitro groups is 1. The normalized spacial score (nSPS) is 17.0. The van der Waals surface area contributed by atoms with Crippen LogP contribution < -0.4 is 16.0 Å². The molecule has 3 aromatic rings. The van der Waals surface area contributed by atoms with E-state index in [0.717, 1.165) is 11.3 Å². The van der Waals surface area contributed by atoms with Gasteiger partial charge in [-0.2, -0.15) is 4.98 Å². The van der Waals surface area contributed by atoms with Crippen molar-refractivity contribution >= 4 is 34.7 Å². The zero-order valence-corrected chi connectivity index (χ0v) is 21.6. The number of nitrogens with one attached hydrogen (secondary N) is 3. The lowest BCUT2D eigenvalue weighted by Crippen LogP contribution is -2.62. The van der Waals surface area contributed by atoms with Gasteiger partial charge >= 0.3 is 5.69 Å². The molecular weight excluding hydrogens is 490 g/mol. The molecule has 0 spiro atoms. The maximum Gasteiger partial charge on any atom is 0.329 e. The highest BCUT2D eigenvalue weighted by molar-refractivity contribution is 5.94. The molecule has 1 radical (unpaired) electrons. The number of hydroxylamine groups is 2. The first-order valence-electron chi connectivity index (χ1n) is 12.1. The number of amides is 1. The third-order valence-corrected chi connectivity index (χ3v) is 6.43. The molecule has 199 valence electrons. The second kappa shape index (κ2) is 10.2. The summed E-state index contributed by atoms with van der Waals surface area (Å²) < 4.78 is 0. The van der Waals surface area contributed by atoms with Gasteiger partial charge in [0, 0.05) is 34.1 Å². The number of hydrogen-bond donors (Lipinski definition) is 4. The van der Waals surface area contributed by atoms with E-state index in [-0.39, 0.29) is 35.2 Å². The summed E-state index contributed by atoms with van der Waals surface area (Å²) in [4.78, 5) is 32.0. The number of piperidine rings is 1. The molecule has 1 aromatic heterocycles. The first kappa shape index (κ1) is 26.8. The molecule has 4 rings (SSSR count). The summed E-state index contributed by atoms with van der Waals surface area (Å²) in [6.07, 6.45) is 2.18. The minimum absolute atomic E-state index is 0.0239. The molecule has 0 saturated carbocycles. The van der Waals surface area contributed by atoms with E-state index in [4.69, 9.17) is 0 Å². The fraction of sp³-hybridized carbons (Fsp3) is 0.346. The number of carbonyl (C=O) groups excluding carboxylic acids is 1. The molecular formula is C26H30N7O5. The van der Waals surface area contributed by atoms with Gasteiger partial charge in [0.15, 0.2) is 0 Å². The van der Waals surface area contributed by atoms with Gasteiger partial charge < -0.3 is 21.1 Å². The van der Waals surface area contributed by atoms with Gasteiger partial charge in [-0.05, 0) is 89.1 Å². The Hall–Kier alpha value is -4.29. The molecule has 1 fully saturated rings. The van der Waals surface area contributed by atoms with Crippen LogP contribution in [0.2, 0.25) is 0 Å². The fourth-order valence-electron chi connectivity index (χ4n) is 4.81. The van der Waals surface area contributed by atoms with E-state index in [9.17, 15) is 25.2 Å². The van der Waals surface area contributed by atoms with Crippen molar-refractivity contribution in [2.45, 2.75) is 57.7 Å². The Morgan fingerprint density at radius 3 is 2.13 bits per heavy atom. The summed E-state index contributed by atoms with van der Waals surface area (Å²) in [6, 6.07) is 12.5. The number of anilines is 4. The lowest BCUT2D eigenvalue weighted by Gasteiger charge is -2.50. The molecule has 0 atom stereocenters. The Kier molecular flexibility index (Phi) is 7.20. The topological polar surface area (TPSA) is 165 Å². The molecule has 1 amide bonds. The second-order valence-corrected chi connectivity index (χ2v) is 10.6. The maximum absolute atomic E-state index is 12.9. The summed E-state index contributed by atoms with van der Waals surface area (Å²) in [6.45, 7) is 7.53. The molecule has 38 heavy (non-hydrogen) atoms. The van der Waals surface area contributed by atoms with E-state index in [1.54, 1.807) is 36.4 Å². The third kappa shape index (κ3) is 5.98. The Morgan fingerprint density at radius 1 is 1.00 bits per heavy atom. The smallest absolute Gasteiger partial charge is 0.329 e. The number of carbonyl (C=O) groups is 1. The Labute approximate surface area is 219 Å². The van der Waals surface area contributed by atoms with Crippen molar-refractivity contribution < 1.29 is 20.0 Å². The van der Waals surface area contributed by atoms with Crippen molar-refractivity contribution in [1.29, 1.82) is 0 Å². The fourth-order valence-corrected chi connectivity index (χ4v) is 4.81. The Balaban J connectivity index is 1.45. The lowest BCUT2D eigenvalue weighted by molar-refractivity contribution is -0.384. The molecule has 12 heteroatoms. The van der Waals surface area contributed by atoms with E-state index in [0.29, 0.717) is 29.8 Å². The van der Waals surface area contributed by atoms with Gasteiger partial charge in [0.25, 0.3) is 5.91 Å². The van der Waals surface area contributed by atoms with Crippen LogP contribution in [0, 0.1) is 10.1 Å². The van der Waals surface area contributed by atoms with Gasteiger partial charge in [-0.3, -0.25) is 14.9 Å². The van der Waals surface area contributed by atoms with Crippen LogP contribution in [0.5, 0.6) is 5.75 Å². The van der Waals surface area contributed by atoms with Crippen LogP contribution in [0.1, 0.15) is 50.9 Å². The van der Waals surface area contributed by atoms with Crippen LogP contribution >= 0.6 is 0 Å². The summed E-state index contributed by atoms with van der Waals surface area (Å²) >= 11 is 0. The summed E-state index contributed by atoms with van der Waals surface area (Å²) in [7, 11) is 0. The molecule has 1 aliphatic rings. The van der Waals surface area contributed by atoms with Crippen LogP contribution in [0.3, 0.4) is 0 Å². The van der Waals surface area contributed by atoms with Gasteiger partial charge in [0.2, 0.25) is 11.8 Å². The van der Waals surface area contributed by atoms with Crippen LogP contribution in [0.25, 0.3) is 0 Å². The highest BCUT2D eigenvalue weighted by Gasteiger charge is 2.46. The summed E-state index contributed by atoms with van der Waals surface area (Å²) in [5, 5.41) is 43.5. The first-order chi connectivity index (χ1) is 17.8. The minimum atomic E-state index is -0.594. The number of nitrogens with zero attached hydrogens (tertiary/aromatic N) is 4. The molecule has 1 saturated heterocycles. The highest BCUT2D eigenvalue weighted by Crippen LogP contribution is 2.37. The van der Waals surface area contributed by atoms with Gasteiger partial charge in [0.05, 0.1) is 4.92 Å². The van der Waals surface area contributed by atoms with E-state index in [1.165, 1.54) is 12.1 Å². The number of hydrogen-bond acceptors (Lipinski definition) is 9. The largest absolute Gasteiger partial charge is 0.508 e. The van der Waals surface area contributed by atoms with Crippen molar-refractivity contribution in [3.63, 3.8) is 0 Å². The molecule has 2 heterocycles. The van der Waals surface area contributed by atoms with E-state index in [2.05, 4.69) is 25.9 Å². The standard InChI is InChI=1S/C26H30N7O5/c1-25(2)13-19(14-26(3,4)33(25)38)29-23(35)16-5-7-18(8-6-16)30-24-27-15-21(32(36)37)22(31-24)28-17-9-11-20(34)12-10-17/h5-12,15,19,34H,13-14H2,1-4H3,(H,29,35)(H2,27,28,30,31). The van der Waals surface area contributed by atoms with Crippen LogP contribution in [0.15, 0.2) is 54.7 Å². The molecule has 2 aromatic carbocycles. The minimum Gasteiger partial charge on any atom is -0.508 e. The monoisotopic (exact) mass is 520 g/mol. The van der Waals surface area contributed by atoms with E-state index >= 15 is 0 Å². The van der Waals surface area contributed by atoms with E-state index < -0.39 is 16.0 Å². The molecule has 0 bridgehead atoms. The van der Waals surface area contributed by atoms with Crippen molar-refractivity contribution in [3.8, 4) is 5.75 Å². The zero-order chi connectivity index (χ0) is 27.7.